The zero-order valence-electron chi connectivity index (χ0n) is 11.8. The van der Waals surface area contributed by atoms with Crippen molar-refractivity contribution in [2.45, 2.75) is 50.6 Å². The Morgan fingerprint density at radius 1 is 1.25 bits per heavy atom. The van der Waals surface area contributed by atoms with E-state index in [0.29, 0.717) is 25.3 Å². The molecule has 0 radical (unpaired) electrons. The predicted octanol–water partition coefficient (Wildman–Crippen LogP) is 0.237. The second-order valence-corrected chi connectivity index (χ2v) is 5.68. The molecule has 0 bridgehead atoms. The van der Waals surface area contributed by atoms with Gasteiger partial charge in [-0.3, -0.25) is 9.59 Å². The Hall–Kier alpha value is -1.43. The van der Waals surface area contributed by atoms with Crippen LogP contribution in [0.3, 0.4) is 0 Å². The molecule has 1 saturated carbocycles. The highest BCUT2D eigenvalue weighted by Crippen LogP contribution is 2.31. The molecule has 0 spiro atoms. The Labute approximate surface area is 118 Å². The maximum absolute atomic E-state index is 12.3. The summed E-state index contributed by atoms with van der Waals surface area (Å²) in [5, 5.41) is 0. The third kappa shape index (κ3) is 3.00. The molecule has 2 N–H and O–H groups in total. The lowest BCUT2D eigenvalue weighted by atomic mass is 9.81. The van der Waals surface area contributed by atoms with E-state index < -0.39 is 23.8 Å². The summed E-state index contributed by atoms with van der Waals surface area (Å²) in [6.07, 6.45) is 5.37. The van der Waals surface area contributed by atoms with Crippen LogP contribution < -0.4 is 5.73 Å². The van der Waals surface area contributed by atoms with Crippen molar-refractivity contribution in [2.24, 2.45) is 11.7 Å². The van der Waals surface area contributed by atoms with Gasteiger partial charge in [0.2, 0.25) is 5.91 Å². The van der Waals surface area contributed by atoms with Crippen molar-refractivity contribution in [1.82, 2.24) is 4.90 Å². The predicted molar refractivity (Wildman–Crippen MR) is 71.7 cm³/mol. The van der Waals surface area contributed by atoms with Gasteiger partial charge in [-0.25, -0.2) is 4.79 Å². The minimum Gasteiger partial charge on any atom is -0.463 e. The maximum Gasteiger partial charge on any atom is 0.376 e. The number of rotatable bonds is 5. The van der Waals surface area contributed by atoms with Crippen molar-refractivity contribution in [2.75, 3.05) is 13.7 Å². The van der Waals surface area contributed by atoms with Gasteiger partial charge in [-0.05, 0) is 25.2 Å². The first-order valence-electron chi connectivity index (χ1n) is 7.22. The molecule has 0 aromatic heterocycles. The number of esters is 1. The molecule has 1 aliphatic heterocycles. The second-order valence-electron chi connectivity index (χ2n) is 5.68. The number of ether oxygens (including phenoxy) is 1. The molecule has 1 saturated heterocycles. The monoisotopic (exact) mass is 282 g/mol. The molecule has 2 aliphatic rings. The molecular weight excluding hydrogens is 260 g/mol. The van der Waals surface area contributed by atoms with E-state index in [1.54, 1.807) is 0 Å². The van der Waals surface area contributed by atoms with Crippen LogP contribution in [0.4, 0.5) is 0 Å². The number of amides is 1. The highest BCUT2D eigenvalue weighted by Gasteiger charge is 2.39. The van der Waals surface area contributed by atoms with E-state index in [4.69, 9.17) is 5.73 Å². The Kier molecular flexibility index (Phi) is 4.75. The standard InChI is InChI=1S/C14H22N2O4/c1-20-14(19)12(17)11-6-3-7-16(11)13(18)10(15)8-9-4-2-5-9/h9-11H,2-8,15H2,1H3/t10-,11+/m1/s1. The lowest BCUT2D eigenvalue weighted by Crippen LogP contribution is -2.50. The van der Waals surface area contributed by atoms with Crippen molar-refractivity contribution in [3.63, 3.8) is 0 Å². The van der Waals surface area contributed by atoms with Crippen molar-refractivity contribution in [3.8, 4) is 0 Å². The molecule has 1 amide bonds. The third-order valence-corrected chi connectivity index (χ3v) is 4.35. The first-order chi connectivity index (χ1) is 9.54. The Bertz CT molecular complexity index is 406. The summed E-state index contributed by atoms with van der Waals surface area (Å²) in [6, 6.07) is -1.26. The summed E-state index contributed by atoms with van der Waals surface area (Å²) in [5.74, 6) is -1.21. The van der Waals surface area contributed by atoms with E-state index >= 15 is 0 Å². The number of likely N-dealkylation sites (tertiary alicyclic amines) is 1. The summed E-state index contributed by atoms with van der Waals surface area (Å²) in [5.41, 5.74) is 5.96. The molecule has 0 aromatic carbocycles. The van der Waals surface area contributed by atoms with Crippen LogP contribution in [0.5, 0.6) is 0 Å². The van der Waals surface area contributed by atoms with E-state index in [2.05, 4.69) is 4.74 Å². The van der Waals surface area contributed by atoms with E-state index in [1.807, 2.05) is 0 Å². The van der Waals surface area contributed by atoms with Crippen LogP contribution in [-0.4, -0.2) is 48.3 Å². The number of hydrogen-bond acceptors (Lipinski definition) is 5. The third-order valence-electron chi connectivity index (χ3n) is 4.35. The van der Waals surface area contributed by atoms with Crippen molar-refractivity contribution < 1.29 is 19.1 Å². The Balaban J connectivity index is 1.96. The summed E-state index contributed by atoms with van der Waals surface area (Å²) >= 11 is 0. The van der Waals surface area contributed by atoms with Crippen LogP contribution in [0, 0.1) is 5.92 Å². The quantitative estimate of drug-likeness (QED) is 0.576. The Morgan fingerprint density at radius 3 is 2.50 bits per heavy atom. The van der Waals surface area contributed by atoms with Crippen LogP contribution in [0.1, 0.15) is 38.5 Å². The Morgan fingerprint density at radius 2 is 1.95 bits per heavy atom. The normalized spacial score (nSPS) is 24.1. The van der Waals surface area contributed by atoms with E-state index in [1.165, 1.54) is 18.4 Å². The first-order valence-corrected chi connectivity index (χ1v) is 7.22. The van der Waals surface area contributed by atoms with Crippen molar-refractivity contribution in [3.05, 3.63) is 0 Å². The molecule has 2 rings (SSSR count). The number of carbonyl (C=O) groups excluding carboxylic acids is 3. The molecule has 0 aromatic rings. The molecule has 0 unspecified atom stereocenters. The van der Waals surface area contributed by atoms with Crippen molar-refractivity contribution in [1.29, 1.82) is 0 Å². The second kappa shape index (κ2) is 6.35. The first kappa shape index (κ1) is 15.0. The fraction of sp³-hybridized carbons (Fsp3) is 0.786. The fourth-order valence-electron chi connectivity index (χ4n) is 2.94. The number of ketones is 1. The minimum atomic E-state index is -0.887. The van der Waals surface area contributed by atoms with E-state index in [0.717, 1.165) is 19.3 Å². The topological polar surface area (TPSA) is 89.7 Å². The van der Waals surface area contributed by atoms with Gasteiger partial charge >= 0.3 is 5.97 Å². The van der Waals surface area contributed by atoms with Gasteiger partial charge < -0.3 is 15.4 Å². The summed E-state index contributed by atoms with van der Waals surface area (Å²) < 4.78 is 4.45. The highest BCUT2D eigenvalue weighted by atomic mass is 16.5. The SMILES string of the molecule is COC(=O)C(=O)[C@@H]1CCCN1C(=O)[C@H](N)CC1CCC1. The van der Waals surface area contributed by atoms with Gasteiger partial charge in [-0.15, -0.1) is 0 Å². The molecule has 6 nitrogen and oxygen atoms in total. The molecule has 20 heavy (non-hydrogen) atoms. The van der Waals surface area contributed by atoms with Gasteiger partial charge in [0.1, 0.15) is 6.04 Å². The fourth-order valence-corrected chi connectivity index (χ4v) is 2.94. The van der Waals surface area contributed by atoms with Crippen molar-refractivity contribution >= 4 is 17.7 Å². The van der Waals surface area contributed by atoms with E-state index in [-0.39, 0.29) is 5.91 Å². The van der Waals surface area contributed by atoms with Gasteiger partial charge in [-0.2, -0.15) is 0 Å². The molecule has 1 aliphatic carbocycles. The number of nitrogens with zero attached hydrogens (tertiary/aromatic N) is 1. The minimum absolute atomic E-state index is 0.211. The van der Waals surface area contributed by atoms with Gasteiger partial charge in [0.25, 0.3) is 5.78 Å². The van der Waals surface area contributed by atoms with Crippen LogP contribution in [0.25, 0.3) is 0 Å². The molecule has 6 heteroatoms. The van der Waals surface area contributed by atoms with Crippen LogP contribution in [0.2, 0.25) is 0 Å². The molecule has 2 fully saturated rings. The number of carbonyl (C=O) groups is 3. The smallest absolute Gasteiger partial charge is 0.376 e. The summed E-state index contributed by atoms with van der Waals surface area (Å²) in [7, 11) is 1.17. The van der Waals surface area contributed by atoms with Crippen LogP contribution in [-0.2, 0) is 19.1 Å². The van der Waals surface area contributed by atoms with Gasteiger partial charge in [-0.1, -0.05) is 19.3 Å². The number of Topliss-reactive ketones (excluding diaryl/α,β-unsaturated/α-hetero) is 1. The maximum atomic E-state index is 12.3. The van der Waals surface area contributed by atoms with Crippen LogP contribution in [0.15, 0.2) is 0 Å². The largest absolute Gasteiger partial charge is 0.463 e. The van der Waals surface area contributed by atoms with E-state index in [9.17, 15) is 14.4 Å². The molecule has 112 valence electrons. The van der Waals surface area contributed by atoms with Gasteiger partial charge in [0.05, 0.1) is 13.2 Å². The lowest BCUT2D eigenvalue weighted by Gasteiger charge is -2.31. The zero-order chi connectivity index (χ0) is 14.7. The number of methoxy groups -OCH3 is 1. The molecule has 1 heterocycles. The molecule has 2 atom stereocenters. The average molecular weight is 282 g/mol. The molecular formula is C14H22N2O4. The zero-order valence-corrected chi connectivity index (χ0v) is 11.8. The summed E-state index contributed by atoms with van der Waals surface area (Å²) in [6.45, 7) is 0.491. The van der Waals surface area contributed by atoms with Gasteiger partial charge in [0, 0.05) is 6.54 Å². The summed E-state index contributed by atoms with van der Waals surface area (Å²) in [4.78, 5) is 37.0. The lowest BCUT2D eigenvalue weighted by molar-refractivity contribution is -0.155. The number of nitrogens with two attached hydrogens (primary N) is 1. The highest BCUT2D eigenvalue weighted by molar-refractivity contribution is 6.36. The number of hydrogen-bond donors (Lipinski definition) is 1. The average Bonchev–Trinajstić information content (AvgIpc) is 2.89. The van der Waals surface area contributed by atoms with Crippen LogP contribution >= 0.6 is 0 Å². The van der Waals surface area contributed by atoms with Gasteiger partial charge in [0.15, 0.2) is 0 Å².